The first-order valence-electron chi connectivity index (χ1n) is 11.6. The van der Waals surface area contributed by atoms with Crippen LogP contribution in [0.4, 0.5) is 5.82 Å². The summed E-state index contributed by atoms with van der Waals surface area (Å²) in [5.74, 6) is 0.247. The molecule has 5 heteroatoms. The van der Waals surface area contributed by atoms with Gasteiger partial charge in [-0.25, -0.2) is 4.98 Å². The van der Waals surface area contributed by atoms with Crippen LogP contribution in [0, 0.1) is 18.3 Å². The second kappa shape index (κ2) is 10.3. The van der Waals surface area contributed by atoms with Crippen LogP contribution < -0.4 is 11.1 Å². The van der Waals surface area contributed by atoms with Gasteiger partial charge in [-0.1, -0.05) is 55.5 Å². The average molecular weight is 438 g/mol. The third kappa shape index (κ3) is 5.24. The summed E-state index contributed by atoms with van der Waals surface area (Å²) in [7, 11) is 0. The van der Waals surface area contributed by atoms with Crippen molar-refractivity contribution in [2.75, 3.05) is 31.9 Å². The minimum Gasteiger partial charge on any atom is -0.384 e. The minimum absolute atomic E-state index is 0.247. The van der Waals surface area contributed by atoms with Gasteiger partial charge in [-0.05, 0) is 61.7 Å². The fourth-order valence-electron chi connectivity index (χ4n) is 4.43. The maximum absolute atomic E-state index is 9.79. The van der Waals surface area contributed by atoms with E-state index < -0.39 is 0 Å². The van der Waals surface area contributed by atoms with Crippen LogP contribution in [-0.2, 0) is 0 Å². The van der Waals surface area contributed by atoms with Gasteiger partial charge in [-0.15, -0.1) is 0 Å². The van der Waals surface area contributed by atoms with Crippen molar-refractivity contribution < 1.29 is 0 Å². The molecule has 3 N–H and O–H groups in total. The van der Waals surface area contributed by atoms with Crippen molar-refractivity contribution in [3.8, 4) is 28.5 Å². The molecular weight excluding hydrogens is 406 g/mol. The predicted molar refractivity (Wildman–Crippen MR) is 136 cm³/mol. The number of nitrogens with zero attached hydrogens (tertiary/aromatic N) is 3. The summed E-state index contributed by atoms with van der Waals surface area (Å²) in [6.45, 7) is 10.6. The van der Waals surface area contributed by atoms with E-state index in [1.807, 2.05) is 55.5 Å². The van der Waals surface area contributed by atoms with Crippen LogP contribution in [0.5, 0.6) is 0 Å². The van der Waals surface area contributed by atoms with Gasteiger partial charge in [0.15, 0.2) is 0 Å². The minimum atomic E-state index is 0.247. The van der Waals surface area contributed by atoms with E-state index in [-0.39, 0.29) is 5.82 Å². The Hall–Kier alpha value is -3.62. The third-order valence-electron chi connectivity index (χ3n) is 6.32. The van der Waals surface area contributed by atoms with E-state index >= 15 is 0 Å². The van der Waals surface area contributed by atoms with Gasteiger partial charge < -0.3 is 16.0 Å². The average Bonchev–Trinajstić information content (AvgIpc) is 2.84. The van der Waals surface area contributed by atoms with Crippen molar-refractivity contribution in [3.05, 3.63) is 77.9 Å². The number of nitrogens with one attached hydrogen (secondary N) is 1. The first-order chi connectivity index (χ1) is 16.1. The number of nitrogens with two attached hydrogens (primary N) is 1. The fraction of sp³-hybridized carbons (Fsp3) is 0.286. The van der Waals surface area contributed by atoms with Crippen LogP contribution in [0.3, 0.4) is 0 Å². The van der Waals surface area contributed by atoms with E-state index in [1.165, 1.54) is 32.4 Å². The number of hydrogen-bond acceptors (Lipinski definition) is 5. The smallest absolute Gasteiger partial charge is 0.142 e. The highest BCUT2D eigenvalue weighted by Crippen LogP contribution is 2.33. The van der Waals surface area contributed by atoms with Crippen molar-refractivity contribution in [1.29, 1.82) is 5.26 Å². The second-order valence-corrected chi connectivity index (χ2v) is 8.63. The number of likely N-dealkylation sites (tertiary alicyclic amines) is 1. The SMILES string of the molecule is C=C(NCCN1CCCCC1)c1cccc(-c2cc(-c3ccccc3C)nc(N)c2C#N)c1. The summed E-state index contributed by atoms with van der Waals surface area (Å²) in [6.07, 6.45) is 3.94. The van der Waals surface area contributed by atoms with E-state index in [4.69, 9.17) is 5.73 Å². The lowest BCUT2D eigenvalue weighted by atomic mass is 9.95. The number of piperidine rings is 1. The molecule has 0 bridgehead atoms. The Labute approximate surface area is 196 Å². The van der Waals surface area contributed by atoms with Gasteiger partial charge in [0.2, 0.25) is 0 Å². The summed E-state index contributed by atoms with van der Waals surface area (Å²) in [6, 6.07) is 20.4. The Balaban J connectivity index is 1.59. The maximum atomic E-state index is 9.79. The summed E-state index contributed by atoms with van der Waals surface area (Å²) >= 11 is 0. The van der Waals surface area contributed by atoms with Gasteiger partial charge in [-0.3, -0.25) is 0 Å². The van der Waals surface area contributed by atoms with E-state index in [9.17, 15) is 5.26 Å². The molecule has 1 aliphatic heterocycles. The molecule has 0 aliphatic carbocycles. The third-order valence-corrected chi connectivity index (χ3v) is 6.32. The molecule has 0 atom stereocenters. The topological polar surface area (TPSA) is 78.0 Å². The first-order valence-corrected chi connectivity index (χ1v) is 11.6. The maximum Gasteiger partial charge on any atom is 0.142 e. The Morgan fingerprint density at radius 3 is 2.64 bits per heavy atom. The van der Waals surface area contributed by atoms with Crippen LogP contribution >= 0.6 is 0 Å². The van der Waals surface area contributed by atoms with E-state index in [2.05, 4.69) is 33.9 Å². The van der Waals surface area contributed by atoms with Gasteiger partial charge in [0.25, 0.3) is 0 Å². The molecule has 0 spiro atoms. The molecule has 0 unspecified atom stereocenters. The molecule has 2 aromatic carbocycles. The summed E-state index contributed by atoms with van der Waals surface area (Å²) in [4.78, 5) is 7.03. The molecule has 4 rings (SSSR count). The summed E-state index contributed by atoms with van der Waals surface area (Å²) in [5, 5.41) is 13.3. The Bertz CT molecular complexity index is 1190. The van der Waals surface area contributed by atoms with Crippen molar-refractivity contribution in [2.45, 2.75) is 26.2 Å². The molecule has 168 valence electrons. The molecule has 33 heavy (non-hydrogen) atoms. The zero-order valence-electron chi connectivity index (χ0n) is 19.3. The highest BCUT2D eigenvalue weighted by molar-refractivity contribution is 5.82. The normalized spacial score (nSPS) is 13.9. The zero-order chi connectivity index (χ0) is 23.2. The number of hydrogen-bond donors (Lipinski definition) is 2. The molecule has 1 aliphatic rings. The number of nitrogen functional groups attached to an aromatic ring is 1. The zero-order valence-corrected chi connectivity index (χ0v) is 19.3. The van der Waals surface area contributed by atoms with Crippen LogP contribution in [0.25, 0.3) is 28.1 Å². The van der Waals surface area contributed by atoms with Crippen molar-refractivity contribution in [3.63, 3.8) is 0 Å². The second-order valence-electron chi connectivity index (χ2n) is 8.63. The number of anilines is 1. The Morgan fingerprint density at radius 1 is 1.09 bits per heavy atom. The number of benzene rings is 2. The van der Waals surface area contributed by atoms with Crippen LogP contribution in [0.2, 0.25) is 0 Å². The molecule has 0 amide bonds. The standard InChI is InChI=1S/C28H31N5/c1-20-9-4-5-12-24(20)27-18-25(26(19-29)28(30)32-27)23-11-8-10-22(17-23)21(2)31-13-16-33-14-6-3-7-15-33/h4-5,8-12,17-18,31H,2-3,6-7,13-16H2,1H3,(H2,30,32). The molecule has 0 saturated carbocycles. The lowest BCUT2D eigenvalue weighted by Crippen LogP contribution is -2.35. The molecule has 5 nitrogen and oxygen atoms in total. The van der Waals surface area contributed by atoms with Crippen LogP contribution in [0.1, 0.15) is 36.0 Å². The summed E-state index contributed by atoms with van der Waals surface area (Å²) < 4.78 is 0. The molecule has 1 saturated heterocycles. The van der Waals surface area contributed by atoms with Crippen molar-refractivity contribution in [1.82, 2.24) is 15.2 Å². The van der Waals surface area contributed by atoms with Gasteiger partial charge in [0.05, 0.1) is 5.69 Å². The monoisotopic (exact) mass is 437 g/mol. The van der Waals surface area contributed by atoms with Gasteiger partial charge in [0.1, 0.15) is 17.5 Å². The van der Waals surface area contributed by atoms with Crippen LogP contribution in [0.15, 0.2) is 61.2 Å². The van der Waals surface area contributed by atoms with E-state index in [0.29, 0.717) is 5.56 Å². The Kier molecular flexibility index (Phi) is 7.07. The number of rotatable bonds is 7. The molecular formula is C28H31N5. The predicted octanol–water partition coefficient (Wildman–Crippen LogP) is 5.22. The lowest BCUT2D eigenvalue weighted by Gasteiger charge is -2.26. The molecule has 1 fully saturated rings. The molecule has 0 radical (unpaired) electrons. The van der Waals surface area contributed by atoms with Gasteiger partial charge in [0, 0.05) is 29.9 Å². The molecule has 3 aromatic rings. The highest BCUT2D eigenvalue weighted by atomic mass is 15.1. The quantitative estimate of drug-likeness (QED) is 0.530. The number of aryl methyl sites for hydroxylation is 1. The molecule has 1 aromatic heterocycles. The lowest BCUT2D eigenvalue weighted by molar-refractivity contribution is 0.232. The number of aromatic nitrogens is 1. The van der Waals surface area contributed by atoms with Crippen LogP contribution in [-0.4, -0.2) is 36.1 Å². The fourth-order valence-corrected chi connectivity index (χ4v) is 4.43. The first kappa shape index (κ1) is 22.6. The van der Waals surface area contributed by atoms with Crippen molar-refractivity contribution in [2.24, 2.45) is 0 Å². The van der Waals surface area contributed by atoms with E-state index in [1.54, 1.807) is 0 Å². The van der Waals surface area contributed by atoms with E-state index in [0.717, 1.165) is 52.3 Å². The van der Waals surface area contributed by atoms with Gasteiger partial charge >= 0.3 is 0 Å². The number of pyridine rings is 1. The van der Waals surface area contributed by atoms with Gasteiger partial charge in [-0.2, -0.15) is 5.26 Å². The number of nitriles is 1. The molecule has 2 heterocycles. The summed E-state index contributed by atoms with van der Waals surface area (Å²) in [5.41, 5.74) is 13.1. The Morgan fingerprint density at radius 2 is 1.88 bits per heavy atom. The highest BCUT2D eigenvalue weighted by Gasteiger charge is 2.15. The largest absolute Gasteiger partial charge is 0.384 e. The van der Waals surface area contributed by atoms with Crippen molar-refractivity contribution >= 4 is 11.5 Å².